The van der Waals surface area contributed by atoms with Crippen molar-refractivity contribution in [2.24, 2.45) is 0 Å². The number of allylic oxidation sites excluding steroid dienone is 5. The molecule has 1 unspecified atom stereocenters. The number of fused-ring (bicyclic) bond motifs is 7. The molecular formula is C56H40N2. The third kappa shape index (κ3) is 4.92. The Balaban J connectivity index is 1.18. The van der Waals surface area contributed by atoms with E-state index in [0.29, 0.717) is 0 Å². The maximum atomic E-state index is 4.00. The molecule has 274 valence electrons. The third-order valence-corrected chi connectivity index (χ3v) is 12.4. The molecule has 0 spiro atoms. The van der Waals surface area contributed by atoms with Crippen molar-refractivity contribution in [3.05, 3.63) is 247 Å². The van der Waals surface area contributed by atoms with Crippen molar-refractivity contribution in [2.75, 3.05) is 0 Å². The summed E-state index contributed by atoms with van der Waals surface area (Å²) >= 11 is 0. The fourth-order valence-corrected chi connectivity index (χ4v) is 9.93. The van der Waals surface area contributed by atoms with Crippen LogP contribution in [0.25, 0.3) is 71.7 Å². The van der Waals surface area contributed by atoms with E-state index in [-0.39, 0.29) is 0 Å². The Bertz CT molecular complexity index is 3290. The molecule has 2 heterocycles. The zero-order chi connectivity index (χ0) is 38.8. The third-order valence-electron chi connectivity index (χ3n) is 12.4. The van der Waals surface area contributed by atoms with Gasteiger partial charge in [-0.3, -0.25) is 0 Å². The second kappa shape index (κ2) is 13.4. The van der Waals surface area contributed by atoms with Gasteiger partial charge in [0.15, 0.2) is 0 Å². The summed E-state index contributed by atoms with van der Waals surface area (Å²) in [6.45, 7) is 6.32. The molecule has 2 heteroatoms. The first kappa shape index (κ1) is 33.9. The van der Waals surface area contributed by atoms with Crippen LogP contribution in [0, 0.1) is 0 Å². The second-order valence-electron chi connectivity index (χ2n) is 15.3. The molecule has 10 aromatic rings. The number of benzene rings is 8. The number of nitrogens with zero attached hydrogens (tertiary/aromatic N) is 2. The van der Waals surface area contributed by atoms with Crippen LogP contribution in [0.2, 0.25) is 0 Å². The Morgan fingerprint density at radius 1 is 0.448 bits per heavy atom. The van der Waals surface area contributed by atoms with E-state index in [1.807, 2.05) is 6.08 Å². The number of para-hydroxylation sites is 3. The highest BCUT2D eigenvalue weighted by Gasteiger charge is 2.45. The minimum Gasteiger partial charge on any atom is -0.309 e. The summed E-state index contributed by atoms with van der Waals surface area (Å²) in [4.78, 5) is 0. The molecule has 0 saturated carbocycles. The molecule has 1 aliphatic rings. The molecule has 0 saturated heterocycles. The molecule has 58 heavy (non-hydrogen) atoms. The van der Waals surface area contributed by atoms with Gasteiger partial charge in [-0.15, -0.1) is 0 Å². The van der Waals surface area contributed by atoms with E-state index in [9.17, 15) is 0 Å². The Labute approximate surface area is 338 Å². The number of rotatable bonds is 7. The molecule has 0 aliphatic heterocycles. The molecule has 0 bridgehead atoms. The van der Waals surface area contributed by atoms with Gasteiger partial charge in [0, 0.05) is 32.9 Å². The quantitative estimate of drug-likeness (QED) is 0.144. The van der Waals surface area contributed by atoms with Crippen molar-refractivity contribution in [3.8, 4) is 22.5 Å². The van der Waals surface area contributed by atoms with Crippen LogP contribution in [0.1, 0.15) is 29.2 Å². The average Bonchev–Trinajstić information content (AvgIpc) is 3.89. The molecule has 1 aliphatic carbocycles. The summed E-state index contributed by atoms with van der Waals surface area (Å²) in [6, 6.07) is 71.3. The first-order valence-electron chi connectivity index (χ1n) is 20.1. The van der Waals surface area contributed by atoms with E-state index in [4.69, 9.17) is 0 Å². The Kier molecular flexibility index (Phi) is 7.80. The second-order valence-corrected chi connectivity index (χ2v) is 15.3. The summed E-state index contributed by atoms with van der Waals surface area (Å²) in [6.07, 6.45) is 6.16. The SMILES string of the molecule is C=C/C=C\C1=C(C)C(c2ccccc2)(c2ccc3c(c2)c2cc(-c4ccc5c(c4)c4ccccc4n5-c4ccccc4)ccc2n3-c2ccccc2)c2ccccc21. The minimum atomic E-state index is -0.482. The molecule has 11 rings (SSSR count). The van der Waals surface area contributed by atoms with Crippen molar-refractivity contribution >= 4 is 49.2 Å². The summed E-state index contributed by atoms with van der Waals surface area (Å²) in [5, 5.41) is 4.96. The lowest BCUT2D eigenvalue weighted by atomic mass is 9.67. The zero-order valence-corrected chi connectivity index (χ0v) is 32.3. The molecule has 2 aromatic heterocycles. The van der Waals surface area contributed by atoms with Crippen LogP contribution in [0.5, 0.6) is 0 Å². The van der Waals surface area contributed by atoms with E-state index in [1.165, 1.54) is 93.8 Å². The molecule has 0 amide bonds. The Morgan fingerprint density at radius 3 is 1.59 bits per heavy atom. The topological polar surface area (TPSA) is 9.86 Å². The fraction of sp³-hybridized carbons (Fsp3) is 0.0357. The molecule has 0 N–H and O–H groups in total. The molecule has 0 radical (unpaired) electrons. The van der Waals surface area contributed by atoms with Crippen LogP contribution in [0.15, 0.2) is 225 Å². The van der Waals surface area contributed by atoms with Crippen LogP contribution in [-0.2, 0) is 5.41 Å². The predicted octanol–water partition coefficient (Wildman–Crippen LogP) is 14.4. The average molecular weight is 741 g/mol. The molecule has 1 atom stereocenters. The van der Waals surface area contributed by atoms with Crippen molar-refractivity contribution in [3.63, 3.8) is 0 Å². The number of aromatic nitrogens is 2. The minimum absolute atomic E-state index is 0.482. The van der Waals surface area contributed by atoms with Gasteiger partial charge in [-0.05, 0) is 118 Å². The predicted molar refractivity (Wildman–Crippen MR) is 245 cm³/mol. The molecule has 8 aromatic carbocycles. The molecule has 2 nitrogen and oxygen atoms in total. The number of hydrogen-bond donors (Lipinski definition) is 0. The lowest BCUT2D eigenvalue weighted by Gasteiger charge is -2.34. The van der Waals surface area contributed by atoms with E-state index >= 15 is 0 Å². The monoisotopic (exact) mass is 740 g/mol. The number of hydrogen-bond acceptors (Lipinski definition) is 0. The standard InChI is InChI=1S/C56H40N2/c1-3-4-24-45-38(2)56(41-18-8-5-9-19-41,51-27-16-14-25-46(45)51)42-31-34-55-50(37-42)49-36-40(30-33-54(49)58(55)44-22-12-7-13-23-44)39-29-32-53-48(35-39)47-26-15-17-28-52(47)57(53)43-20-10-6-11-21-43/h3-37H,1H2,2H3/b24-4-. The van der Waals surface area contributed by atoms with Crippen LogP contribution in [-0.4, -0.2) is 9.13 Å². The van der Waals surface area contributed by atoms with Crippen LogP contribution in [0.3, 0.4) is 0 Å². The van der Waals surface area contributed by atoms with Gasteiger partial charge < -0.3 is 9.13 Å². The highest BCUT2D eigenvalue weighted by atomic mass is 15.0. The van der Waals surface area contributed by atoms with E-state index < -0.39 is 5.41 Å². The normalized spacial score (nSPS) is 15.3. The van der Waals surface area contributed by atoms with Gasteiger partial charge in [-0.1, -0.05) is 152 Å². The highest BCUT2D eigenvalue weighted by Crippen LogP contribution is 2.55. The van der Waals surface area contributed by atoms with Gasteiger partial charge >= 0.3 is 0 Å². The van der Waals surface area contributed by atoms with Gasteiger partial charge in [0.25, 0.3) is 0 Å². The lowest BCUT2D eigenvalue weighted by molar-refractivity contribution is 0.744. The summed E-state index contributed by atoms with van der Waals surface area (Å²) in [5.41, 5.74) is 16.7. The van der Waals surface area contributed by atoms with E-state index in [1.54, 1.807) is 0 Å². The largest absolute Gasteiger partial charge is 0.309 e. The van der Waals surface area contributed by atoms with Gasteiger partial charge in [-0.2, -0.15) is 0 Å². The van der Waals surface area contributed by atoms with Crippen LogP contribution >= 0.6 is 0 Å². The van der Waals surface area contributed by atoms with Gasteiger partial charge in [0.2, 0.25) is 0 Å². The molecular weight excluding hydrogens is 701 g/mol. The Hall–Kier alpha value is -7.42. The summed E-state index contributed by atoms with van der Waals surface area (Å²) in [7, 11) is 0. The van der Waals surface area contributed by atoms with Crippen LogP contribution in [0.4, 0.5) is 0 Å². The van der Waals surface area contributed by atoms with Crippen molar-refractivity contribution < 1.29 is 0 Å². The van der Waals surface area contributed by atoms with Crippen LogP contribution < -0.4 is 0 Å². The van der Waals surface area contributed by atoms with Crippen molar-refractivity contribution in [1.29, 1.82) is 0 Å². The molecule has 0 fully saturated rings. The first-order chi connectivity index (χ1) is 28.7. The lowest BCUT2D eigenvalue weighted by Crippen LogP contribution is -2.28. The van der Waals surface area contributed by atoms with Gasteiger partial charge in [0.1, 0.15) is 0 Å². The van der Waals surface area contributed by atoms with Gasteiger partial charge in [-0.25, -0.2) is 0 Å². The van der Waals surface area contributed by atoms with Crippen molar-refractivity contribution in [2.45, 2.75) is 12.3 Å². The maximum absolute atomic E-state index is 4.00. The zero-order valence-electron chi connectivity index (χ0n) is 32.3. The van der Waals surface area contributed by atoms with Gasteiger partial charge in [0.05, 0.1) is 27.5 Å². The maximum Gasteiger partial charge on any atom is 0.0674 e. The Morgan fingerprint density at radius 2 is 0.948 bits per heavy atom. The summed E-state index contributed by atoms with van der Waals surface area (Å²) in [5.74, 6) is 0. The fourth-order valence-electron chi connectivity index (χ4n) is 9.93. The van der Waals surface area contributed by atoms with Crippen molar-refractivity contribution in [1.82, 2.24) is 9.13 Å². The van der Waals surface area contributed by atoms with E-state index in [0.717, 1.165) is 5.69 Å². The first-order valence-corrected chi connectivity index (χ1v) is 20.1. The highest BCUT2D eigenvalue weighted by molar-refractivity contribution is 6.13. The smallest absolute Gasteiger partial charge is 0.0674 e. The van der Waals surface area contributed by atoms with E-state index in [2.05, 4.69) is 229 Å². The summed E-state index contributed by atoms with van der Waals surface area (Å²) < 4.78 is 4.80.